The Bertz CT molecular complexity index is 519. The molecule has 6 heteroatoms. The van der Waals surface area contributed by atoms with Crippen molar-refractivity contribution in [1.29, 1.82) is 0 Å². The van der Waals surface area contributed by atoms with Crippen LogP contribution in [0, 0.1) is 6.92 Å². The third-order valence-electron chi connectivity index (χ3n) is 4.38. The zero-order valence-electron chi connectivity index (χ0n) is 12.8. The molecule has 1 unspecified atom stereocenters. The van der Waals surface area contributed by atoms with Crippen molar-refractivity contribution in [2.75, 3.05) is 33.3 Å². The minimum absolute atomic E-state index is 0.152. The topological polar surface area (TPSA) is 45.7 Å². The highest BCUT2D eigenvalue weighted by Crippen LogP contribution is 2.30. The predicted molar refractivity (Wildman–Crippen MR) is 82.3 cm³/mol. The molecule has 1 aromatic heterocycles. The maximum absolute atomic E-state index is 12.7. The number of aryl methyl sites for hydroxylation is 1. The van der Waals surface area contributed by atoms with Gasteiger partial charge in [-0.25, -0.2) is 4.98 Å². The van der Waals surface area contributed by atoms with Crippen molar-refractivity contribution in [1.82, 2.24) is 14.8 Å². The van der Waals surface area contributed by atoms with E-state index >= 15 is 0 Å². The molecule has 2 fully saturated rings. The van der Waals surface area contributed by atoms with Crippen molar-refractivity contribution in [3.05, 3.63) is 16.1 Å². The smallest absolute Gasteiger partial charge is 0.255 e. The lowest BCUT2D eigenvalue weighted by Gasteiger charge is -2.42. The second-order valence-electron chi connectivity index (χ2n) is 6.10. The molecule has 2 aliphatic rings. The second-order valence-corrected chi connectivity index (χ2v) is 7.16. The minimum Gasteiger partial charge on any atom is -0.362 e. The number of likely N-dealkylation sites (tertiary alicyclic amines) is 1. The number of carbonyl (C=O) groups is 1. The number of amides is 1. The summed E-state index contributed by atoms with van der Waals surface area (Å²) in [7, 11) is 1.89. The highest BCUT2D eigenvalue weighted by molar-refractivity contribution is 7.09. The van der Waals surface area contributed by atoms with E-state index in [0.717, 1.165) is 49.6 Å². The molecule has 1 aromatic rings. The van der Waals surface area contributed by atoms with E-state index in [2.05, 4.69) is 15.3 Å². The Hall–Kier alpha value is -0.980. The van der Waals surface area contributed by atoms with Crippen molar-refractivity contribution in [2.24, 2.45) is 0 Å². The van der Waals surface area contributed by atoms with Crippen molar-refractivity contribution in [3.63, 3.8) is 0 Å². The van der Waals surface area contributed by atoms with E-state index in [1.165, 1.54) is 0 Å². The summed E-state index contributed by atoms with van der Waals surface area (Å²) in [6, 6.07) is 0. The molecule has 0 bridgehead atoms. The van der Waals surface area contributed by atoms with Gasteiger partial charge in [0.2, 0.25) is 0 Å². The molecular weight excluding hydrogens is 286 g/mol. The Morgan fingerprint density at radius 2 is 2.29 bits per heavy atom. The summed E-state index contributed by atoms with van der Waals surface area (Å²) in [4.78, 5) is 21.4. The summed E-state index contributed by atoms with van der Waals surface area (Å²) in [5.41, 5.74) is 0.471. The summed E-state index contributed by atoms with van der Waals surface area (Å²) in [6.07, 6.45) is 2.96. The van der Waals surface area contributed by atoms with Crippen LogP contribution in [0.25, 0.3) is 0 Å². The first kappa shape index (κ1) is 14.9. The molecule has 0 radical (unpaired) electrons. The normalized spacial score (nSPS) is 28.1. The largest absolute Gasteiger partial charge is 0.362 e. The molecule has 1 atom stereocenters. The van der Waals surface area contributed by atoms with Gasteiger partial charge >= 0.3 is 0 Å². The van der Waals surface area contributed by atoms with Gasteiger partial charge in [0.15, 0.2) is 5.60 Å². The van der Waals surface area contributed by atoms with Crippen LogP contribution >= 0.6 is 11.3 Å². The van der Waals surface area contributed by atoms with Crippen molar-refractivity contribution < 1.29 is 9.53 Å². The molecule has 3 heterocycles. The van der Waals surface area contributed by atoms with Gasteiger partial charge in [-0.05, 0) is 26.2 Å². The third kappa shape index (κ3) is 3.12. The van der Waals surface area contributed by atoms with Gasteiger partial charge in [-0.3, -0.25) is 9.69 Å². The number of hydrogen-bond acceptors (Lipinski definition) is 5. The Kier molecular flexibility index (Phi) is 4.28. The molecule has 3 rings (SSSR count). The van der Waals surface area contributed by atoms with Crippen molar-refractivity contribution in [3.8, 4) is 0 Å². The van der Waals surface area contributed by atoms with Crippen LogP contribution in [0.5, 0.6) is 0 Å². The number of morpholine rings is 1. The Labute approximate surface area is 129 Å². The van der Waals surface area contributed by atoms with E-state index in [0.29, 0.717) is 13.2 Å². The molecule has 0 aromatic carbocycles. The van der Waals surface area contributed by atoms with Crippen LogP contribution in [0.2, 0.25) is 0 Å². The van der Waals surface area contributed by atoms with Gasteiger partial charge in [0, 0.05) is 38.6 Å². The third-order valence-corrected chi connectivity index (χ3v) is 5.20. The first-order valence-electron chi connectivity index (χ1n) is 7.62. The van der Waals surface area contributed by atoms with Gasteiger partial charge in [0.05, 0.1) is 17.3 Å². The van der Waals surface area contributed by atoms with E-state index in [-0.39, 0.29) is 5.91 Å². The van der Waals surface area contributed by atoms with E-state index in [1.807, 2.05) is 18.9 Å². The quantitative estimate of drug-likeness (QED) is 0.833. The number of ether oxygens (including phenoxy) is 1. The maximum atomic E-state index is 12.7. The number of aromatic nitrogens is 1. The number of thiazole rings is 1. The molecule has 21 heavy (non-hydrogen) atoms. The lowest BCUT2D eigenvalue weighted by Crippen LogP contribution is -2.59. The van der Waals surface area contributed by atoms with Crippen LogP contribution in [-0.4, -0.2) is 59.6 Å². The zero-order chi connectivity index (χ0) is 14.9. The standard InChI is InChI=1S/C15H23N3O2S/c1-12-16-13(10-21-12)9-18-7-8-20-15(11-18)5-3-4-6-17(2)14(15)19/h10H,3-9,11H2,1-2H3. The number of nitrogens with zero attached hydrogens (tertiary/aromatic N) is 3. The van der Waals surface area contributed by atoms with E-state index in [9.17, 15) is 4.79 Å². The van der Waals surface area contributed by atoms with Gasteiger partial charge in [-0.1, -0.05) is 0 Å². The fourth-order valence-corrected chi connectivity index (χ4v) is 3.90. The van der Waals surface area contributed by atoms with Crippen LogP contribution in [0.15, 0.2) is 5.38 Å². The first-order chi connectivity index (χ1) is 10.1. The SMILES string of the molecule is Cc1nc(CN2CCOC3(CCCCN(C)C3=O)C2)cs1. The summed E-state index contributed by atoms with van der Waals surface area (Å²) in [6.45, 7) is 5.87. The molecule has 2 aliphatic heterocycles. The molecule has 0 N–H and O–H groups in total. The number of likely N-dealkylation sites (N-methyl/N-ethyl adjacent to an activating group) is 1. The van der Waals surface area contributed by atoms with E-state index in [1.54, 1.807) is 11.3 Å². The lowest BCUT2D eigenvalue weighted by atomic mass is 9.94. The summed E-state index contributed by atoms with van der Waals surface area (Å²) < 4.78 is 5.99. The molecule has 2 saturated heterocycles. The van der Waals surface area contributed by atoms with Crippen molar-refractivity contribution >= 4 is 17.2 Å². The summed E-state index contributed by atoms with van der Waals surface area (Å²) >= 11 is 1.68. The lowest BCUT2D eigenvalue weighted by molar-refractivity contribution is -0.170. The van der Waals surface area contributed by atoms with Gasteiger partial charge in [0.1, 0.15) is 0 Å². The fourth-order valence-electron chi connectivity index (χ4n) is 3.30. The summed E-state index contributed by atoms with van der Waals surface area (Å²) in [5, 5.41) is 3.21. The average molecular weight is 309 g/mol. The van der Waals surface area contributed by atoms with E-state index < -0.39 is 5.60 Å². The van der Waals surface area contributed by atoms with Gasteiger partial charge in [-0.15, -0.1) is 11.3 Å². The molecule has 5 nitrogen and oxygen atoms in total. The van der Waals surface area contributed by atoms with Gasteiger partial charge in [-0.2, -0.15) is 0 Å². The Morgan fingerprint density at radius 1 is 1.43 bits per heavy atom. The first-order valence-corrected chi connectivity index (χ1v) is 8.50. The molecule has 0 aliphatic carbocycles. The maximum Gasteiger partial charge on any atom is 0.255 e. The van der Waals surface area contributed by atoms with Crippen LogP contribution < -0.4 is 0 Å². The molecule has 1 spiro atoms. The van der Waals surface area contributed by atoms with Gasteiger partial charge in [0.25, 0.3) is 5.91 Å². The molecular formula is C15H23N3O2S. The second kappa shape index (κ2) is 6.02. The average Bonchev–Trinajstić information content (AvgIpc) is 2.82. The van der Waals surface area contributed by atoms with Crippen LogP contribution in [0.1, 0.15) is 30.0 Å². The zero-order valence-corrected chi connectivity index (χ0v) is 13.6. The number of rotatable bonds is 2. The van der Waals surface area contributed by atoms with Crippen LogP contribution in [0.3, 0.4) is 0 Å². The highest BCUT2D eigenvalue weighted by Gasteiger charge is 2.45. The van der Waals surface area contributed by atoms with Crippen LogP contribution in [-0.2, 0) is 16.1 Å². The Morgan fingerprint density at radius 3 is 3.05 bits per heavy atom. The van der Waals surface area contributed by atoms with Crippen LogP contribution in [0.4, 0.5) is 0 Å². The number of carbonyl (C=O) groups excluding carboxylic acids is 1. The fraction of sp³-hybridized carbons (Fsp3) is 0.733. The monoisotopic (exact) mass is 309 g/mol. The summed E-state index contributed by atoms with van der Waals surface area (Å²) in [5.74, 6) is 0.152. The minimum atomic E-state index is -0.630. The molecule has 1 amide bonds. The molecule has 116 valence electrons. The van der Waals surface area contributed by atoms with E-state index in [4.69, 9.17) is 4.74 Å². The highest BCUT2D eigenvalue weighted by atomic mass is 32.1. The van der Waals surface area contributed by atoms with Crippen molar-refractivity contribution in [2.45, 2.75) is 38.3 Å². The molecule has 0 saturated carbocycles. The van der Waals surface area contributed by atoms with Gasteiger partial charge < -0.3 is 9.64 Å². The number of hydrogen-bond donors (Lipinski definition) is 0. The predicted octanol–water partition coefficient (Wildman–Crippen LogP) is 1.66. The Balaban J connectivity index is 1.73.